The molecule has 0 N–H and O–H groups in total. The van der Waals surface area contributed by atoms with Gasteiger partial charge in [0, 0.05) is 6.04 Å². The van der Waals surface area contributed by atoms with Crippen molar-refractivity contribution in [3.05, 3.63) is 91.0 Å². The summed E-state index contributed by atoms with van der Waals surface area (Å²) in [5.41, 5.74) is 0. The molecule has 0 amide bonds. The Morgan fingerprint density at radius 3 is 1.34 bits per heavy atom. The molecule has 0 unspecified atom stereocenters. The van der Waals surface area contributed by atoms with Gasteiger partial charge in [0.2, 0.25) is 0 Å². The topological polar surface area (TPSA) is 9.23 Å². The van der Waals surface area contributed by atoms with Gasteiger partial charge >= 0.3 is 0 Å². The van der Waals surface area contributed by atoms with Crippen molar-refractivity contribution >= 4 is 39.8 Å². The minimum absolute atomic E-state index is 1.17. The van der Waals surface area contributed by atoms with Crippen LogP contribution in [0.5, 0.6) is 0 Å². The Morgan fingerprint density at radius 1 is 0.594 bits per heavy atom. The molecule has 3 aromatic rings. The van der Waals surface area contributed by atoms with E-state index in [0.29, 0.717) is 0 Å². The van der Waals surface area contributed by atoms with E-state index in [-0.39, 0.29) is 0 Å². The second-order valence-electron chi connectivity index (χ2n) is 10.0. The Balaban J connectivity index is 2.02. The smallest absolute Gasteiger partial charge is 0.177 e. The molecular weight excluding hydrogens is 439 g/mol. The second-order valence-corrected chi connectivity index (χ2v) is 22.5. The standard InChI is InChI=1S/C28H40OPSi2/c1-6-7-24-31(2,3)29-32(4,5)25-23-30(26-17-11-8-12-18-26,27-19-13-9-14-20-27)28-21-15-10-16-22-28/h8-22H,6-7,23-25H2,1-5H3/q+1. The number of rotatable bonds is 11. The zero-order chi connectivity index (χ0) is 23.1. The molecule has 170 valence electrons. The van der Waals surface area contributed by atoms with Gasteiger partial charge in [-0.1, -0.05) is 74.4 Å². The highest BCUT2D eigenvalue weighted by Gasteiger charge is 2.47. The molecule has 0 radical (unpaired) electrons. The molecule has 32 heavy (non-hydrogen) atoms. The SMILES string of the molecule is CCCC[Si](C)(C)O[Si](C)(C)CC[P+](c1ccccc1)(c1ccccc1)c1ccccc1. The lowest BCUT2D eigenvalue weighted by Gasteiger charge is -2.36. The highest BCUT2D eigenvalue weighted by Crippen LogP contribution is 2.56. The van der Waals surface area contributed by atoms with Gasteiger partial charge in [0.25, 0.3) is 0 Å². The van der Waals surface area contributed by atoms with Crippen LogP contribution in [-0.2, 0) is 4.12 Å². The van der Waals surface area contributed by atoms with Gasteiger partial charge in [-0.25, -0.2) is 0 Å². The van der Waals surface area contributed by atoms with Crippen LogP contribution in [0.4, 0.5) is 0 Å². The van der Waals surface area contributed by atoms with E-state index in [0.717, 1.165) is 0 Å². The van der Waals surface area contributed by atoms with Gasteiger partial charge < -0.3 is 4.12 Å². The Labute approximate surface area is 198 Å². The van der Waals surface area contributed by atoms with Crippen LogP contribution in [0.2, 0.25) is 38.3 Å². The molecule has 0 atom stereocenters. The molecule has 0 aromatic heterocycles. The van der Waals surface area contributed by atoms with E-state index in [1.165, 1.54) is 47.0 Å². The van der Waals surface area contributed by atoms with E-state index in [9.17, 15) is 0 Å². The lowest BCUT2D eigenvalue weighted by atomic mass is 10.4. The normalized spacial score (nSPS) is 12.7. The molecule has 1 nitrogen and oxygen atoms in total. The van der Waals surface area contributed by atoms with Crippen molar-refractivity contribution in [1.29, 1.82) is 0 Å². The Morgan fingerprint density at radius 2 is 0.969 bits per heavy atom. The van der Waals surface area contributed by atoms with E-state index in [1.54, 1.807) is 0 Å². The molecule has 0 bridgehead atoms. The van der Waals surface area contributed by atoms with E-state index in [4.69, 9.17) is 4.12 Å². The summed E-state index contributed by atoms with van der Waals surface area (Å²) in [6.45, 7) is 12.0. The van der Waals surface area contributed by atoms with Crippen LogP contribution in [0.15, 0.2) is 91.0 Å². The van der Waals surface area contributed by atoms with Crippen molar-refractivity contribution in [2.75, 3.05) is 6.16 Å². The maximum Gasteiger partial charge on any atom is 0.177 e. The lowest BCUT2D eigenvalue weighted by Crippen LogP contribution is -2.46. The summed E-state index contributed by atoms with van der Waals surface area (Å²) >= 11 is 0. The number of hydrogen-bond acceptors (Lipinski definition) is 1. The van der Waals surface area contributed by atoms with Gasteiger partial charge in [-0.15, -0.1) is 0 Å². The third-order valence-corrected chi connectivity index (χ3v) is 18.6. The molecule has 0 heterocycles. The maximum absolute atomic E-state index is 7.03. The minimum atomic E-state index is -1.81. The Kier molecular flexibility index (Phi) is 8.69. The van der Waals surface area contributed by atoms with Crippen molar-refractivity contribution in [2.24, 2.45) is 0 Å². The molecule has 0 saturated heterocycles. The van der Waals surface area contributed by atoms with Crippen LogP contribution in [0.3, 0.4) is 0 Å². The average Bonchev–Trinajstić information content (AvgIpc) is 2.80. The van der Waals surface area contributed by atoms with Gasteiger partial charge in [-0.3, -0.25) is 0 Å². The van der Waals surface area contributed by atoms with Crippen molar-refractivity contribution < 1.29 is 4.12 Å². The summed E-state index contributed by atoms with van der Waals surface area (Å²) in [7, 11) is -5.19. The summed E-state index contributed by atoms with van der Waals surface area (Å²) in [5.74, 6) is 0. The van der Waals surface area contributed by atoms with Crippen LogP contribution in [0, 0.1) is 0 Å². The van der Waals surface area contributed by atoms with Crippen molar-refractivity contribution in [3.8, 4) is 0 Å². The van der Waals surface area contributed by atoms with Gasteiger partial charge in [-0.05, 0) is 68.6 Å². The summed E-state index contributed by atoms with van der Waals surface area (Å²) in [6.07, 6.45) is 3.72. The van der Waals surface area contributed by atoms with E-state index in [1.807, 2.05) is 0 Å². The van der Waals surface area contributed by atoms with E-state index >= 15 is 0 Å². The van der Waals surface area contributed by atoms with Crippen molar-refractivity contribution in [1.82, 2.24) is 0 Å². The monoisotopic (exact) mass is 479 g/mol. The first-order chi connectivity index (χ1) is 15.3. The first-order valence-corrected chi connectivity index (χ1v) is 20.2. The number of benzene rings is 3. The molecule has 4 heteroatoms. The maximum atomic E-state index is 7.03. The van der Waals surface area contributed by atoms with Gasteiger partial charge in [-0.2, -0.15) is 0 Å². The third-order valence-electron chi connectivity index (χ3n) is 6.33. The quantitative estimate of drug-likeness (QED) is 0.209. The molecule has 3 rings (SSSR count). The van der Waals surface area contributed by atoms with Crippen LogP contribution < -0.4 is 15.9 Å². The molecule has 3 aromatic carbocycles. The highest BCUT2D eigenvalue weighted by molar-refractivity contribution is 7.95. The fraction of sp³-hybridized carbons (Fsp3) is 0.357. The average molecular weight is 480 g/mol. The Hall–Kier alpha value is -1.52. The van der Waals surface area contributed by atoms with Crippen LogP contribution in [-0.4, -0.2) is 22.8 Å². The molecule has 0 spiro atoms. The summed E-state index contributed by atoms with van der Waals surface area (Å²) in [5, 5.41) is 4.43. The van der Waals surface area contributed by atoms with Crippen LogP contribution in [0.1, 0.15) is 19.8 Å². The molecule has 0 aliphatic carbocycles. The molecule has 0 aliphatic heterocycles. The van der Waals surface area contributed by atoms with Gasteiger partial charge in [0.15, 0.2) is 16.6 Å². The first-order valence-electron chi connectivity index (χ1n) is 12.0. The van der Waals surface area contributed by atoms with Crippen molar-refractivity contribution in [2.45, 2.75) is 58.0 Å². The molecule has 0 fully saturated rings. The summed E-state index contributed by atoms with van der Waals surface area (Å²) in [6, 6.07) is 36.2. The second kappa shape index (κ2) is 11.1. The first kappa shape index (κ1) is 25.1. The molecule has 0 saturated carbocycles. The Bertz CT molecular complexity index is 846. The van der Waals surface area contributed by atoms with Gasteiger partial charge in [0.1, 0.15) is 23.2 Å². The molecular formula is C28H40OPSi2+. The van der Waals surface area contributed by atoms with Crippen molar-refractivity contribution in [3.63, 3.8) is 0 Å². The highest BCUT2D eigenvalue weighted by atomic mass is 31.2. The van der Waals surface area contributed by atoms with E-state index in [2.05, 4.69) is 124 Å². The van der Waals surface area contributed by atoms with Crippen LogP contribution in [0.25, 0.3) is 0 Å². The zero-order valence-corrected chi connectivity index (χ0v) is 23.4. The van der Waals surface area contributed by atoms with Crippen LogP contribution >= 0.6 is 7.26 Å². The zero-order valence-electron chi connectivity index (χ0n) is 20.6. The number of unbranched alkanes of at least 4 members (excludes halogenated alkanes) is 1. The number of hydrogen-bond donors (Lipinski definition) is 0. The molecule has 0 aliphatic rings. The predicted molar refractivity (Wildman–Crippen MR) is 151 cm³/mol. The fourth-order valence-electron chi connectivity index (χ4n) is 4.77. The van der Waals surface area contributed by atoms with Gasteiger partial charge in [0.05, 0.1) is 6.16 Å². The summed E-state index contributed by atoms with van der Waals surface area (Å²) < 4.78 is 7.03. The largest absolute Gasteiger partial charge is 0.455 e. The summed E-state index contributed by atoms with van der Waals surface area (Å²) in [4.78, 5) is 0. The third kappa shape index (κ3) is 6.29. The van der Waals surface area contributed by atoms with E-state index < -0.39 is 23.9 Å². The fourth-order valence-corrected chi connectivity index (χ4v) is 20.0. The minimum Gasteiger partial charge on any atom is -0.455 e. The predicted octanol–water partition coefficient (Wildman–Crippen LogP) is 7.21. The lowest BCUT2D eigenvalue weighted by molar-refractivity contribution is 0.535.